The smallest absolute Gasteiger partial charge is 0.261 e. The number of carbonyl (C=O) groups excluding carboxylic acids is 1. The van der Waals surface area contributed by atoms with Gasteiger partial charge in [0.2, 0.25) is 0 Å². The lowest BCUT2D eigenvalue weighted by Crippen LogP contribution is -2.33. The van der Waals surface area contributed by atoms with E-state index in [4.69, 9.17) is 10.2 Å². The molecule has 1 aromatic rings. The van der Waals surface area contributed by atoms with Gasteiger partial charge in [0, 0.05) is 11.4 Å². The summed E-state index contributed by atoms with van der Waals surface area (Å²) in [7, 11) is 0. The van der Waals surface area contributed by atoms with Crippen LogP contribution in [0.15, 0.2) is 12.1 Å². The first-order valence-electron chi connectivity index (χ1n) is 4.83. The maximum Gasteiger partial charge on any atom is 0.261 e. The Morgan fingerprint density at radius 2 is 2.33 bits per heavy atom. The van der Waals surface area contributed by atoms with Gasteiger partial charge in [-0.05, 0) is 18.6 Å². The van der Waals surface area contributed by atoms with Crippen LogP contribution < -0.4 is 5.32 Å². The van der Waals surface area contributed by atoms with Gasteiger partial charge in [0.25, 0.3) is 5.91 Å². The average Bonchev–Trinajstić information content (AvgIpc) is 2.73. The first kappa shape index (κ1) is 12.2. The molecular formula is C10H15NO3S. The number of hydrogen-bond acceptors (Lipinski definition) is 4. The SMILES string of the molecule is CCc1ccc(C(=O)NCC(O)CO)s1. The highest BCUT2D eigenvalue weighted by Gasteiger charge is 2.10. The number of rotatable bonds is 5. The summed E-state index contributed by atoms with van der Waals surface area (Å²) in [4.78, 5) is 13.3. The molecule has 1 atom stereocenters. The molecule has 0 aliphatic rings. The third kappa shape index (κ3) is 3.62. The van der Waals surface area contributed by atoms with Gasteiger partial charge in [-0.2, -0.15) is 0 Å². The predicted octanol–water partition coefficient (Wildman–Crippen LogP) is 0.394. The fourth-order valence-electron chi connectivity index (χ4n) is 1.05. The molecule has 0 spiro atoms. The second kappa shape index (κ2) is 5.85. The van der Waals surface area contributed by atoms with Crippen molar-refractivity contribution in [2.75, 3.05) is 13.2 Å². The minimum Gasteiger partial charge on any atom is -0.394 e. The van der Waals surface area contributed by atoms with E-state index in [0.29, 0.717) is 4.88 Å². The highest BCUT2D eigenvalue weighted by molar-refractivity contribution is 7.14. The molecule has 84 valence electrons. The molecule has 1 amide bonds. The quantitative estimate of drug-likeness (QED) is 0.684. The number of amides is 1. The summed E-state index contributed by atoms with van der Waals surface area (Å²) in [5.74, 6) is -0.202. The molecule has 0 aliphatic carbocycles. The van der Waals surface area contributed by atoms with Crippen LogP contribution in [0.2, 0.25) is 0 Å². The molecule has 0 saturated carbocycles. The minimum absolute atomic E-state index is 0.0781. The first-order valence-corrected chi connectivity index (χ1v) is 5.64. The zero-order valence-corrected chi connectivity index (χ0v) is 9.38. The molecule has 15 heavy (non-hydrogen) atoms. The Labute approximate surface area is 92.6 Å². The van der Waals surface area contributed by atoms with E-state index in [1.807, 2.05) is 13.0 Å². The molecule has 0 aliphatic heterocycles. The van der Waals surface area contributed by atoms with Gasteiger partial charge in [-0.3, -0.25) is 4.79 Å². The van der Waals surface area contributed by atoms with Crippen LogP contribution in [0.1, 0.15) is 21.5 Å². The van der Waals surface area contributed by atoms with Crippen LogP contribution in [0.5, 0.6) is 0 Å². The van der Waals surface area contributed by atoms with Gasteiger partial charge in [-0.1, -0.05) is 6.92 Å². The summed E-state index contributed by atoms with van der Waals surface area (Å²) < 4.78 is 0. The Balaban J connectivity index is 2.46. The van der Waals surface area contributed by atoms with Crippen LogP contribution in [0, 0.1) is 0 Å². The fourth-order valence-corrected chi connectivity index (χ4v) is 1.92. The lowest BCUT2D eigenvalue weighted by atomic mass is 10.3. The molecule has 3 N–H and O–H groups in total. The normalized spacial score (nSPS) is 12.5. The van der Waals surface area contributed by atoms with Crippen LogP contribution >= 0.6 is 11.3 Å². The van der Waals surface area contributed by atoms with E-state index in [9.17, 15) is 4.79 Å². The van der Waals surface area contributed by atoms with Crippen LogP contribution in [-0.4, -0.2) is 35.4 Å². The van der Waals surface area contributed by atoms with Crippen molar-refractivity contribution < 1.29 is 15.0 Å². The van der Waals surface area contributed by atoms with Crippen molar-refractivity contribution in [3.63, 3.8) is 0 Å². The highest BCUT2D eigenvalue weighted by Crippen LogP contribution is 2.16. The van der Waals surface area contributed by atoms with Crippen LogP contribution in [-0.2, 0) is 6.42 Å². The van der Waals surface area contributed by atoms with Gasteiger partial charge in [0.05, 0.1) is 17.6 Å². The predicted molar refractivity (Wildman–Crippen MR) is 59.1 cm³/mol. The molecule has 1 unspecified atom stereocenters. The summed E-state index contributed by atoms with van der Waals surface area (Å²) in [6.07, 6.45) is 0.0246. The minimum atomic E-state index is -0.889. The molecule has 4 nitrogen and oxygen atoms in total. The number of aliphatic hydroxyl groups is 2. The topological polar surface area (TPSA) is 69.6 Å². The second-order valence-electron chi connectivity index (χ2n) is 3.17. The fraction of sp³-hybridized carbons (Fsp3) is 0.500. The van der Waals surface area contributed by atoms with Gasteiger partial charge in [-0.25, -0.2) is 0 Å². The monoisotopic (exact) mass is 229 g/mol. The number of hydrogen-bond donors (Lipinski definition) is 3. The Kier molecular flexibility index (Phi) is 4.74. The first-order chi connectivity index (χ1) is 7.17. The zero-order chi connectivity index (χ0) is 11.3. The second-order valence-corrected chi connectivity index (χ2v) is 4.33. The van der Waals surface area contributed by atoms with Crippen LogP contribution in [0.25, 0.3) is 0 Å². The maximum atomic E-state index is 11.5. The van der Waals surface area contributed by atoms with E-state index in [0.717, 1.165) is 11.3 Å². The summed E-state index contributed by atoms with van der Waals surface area (Å²) in [6, 6.07) is 3.69. The molecular weight excluding hydrogens is 214 g/mol. The van der Waals surface area contributed by atoms with Gasteiger partial charge >= 0.3 is 0 Å². The maximum absolute atomic E-state index is 11.5. The van der Waals surface area contributed by atoms with Crippen molar-refractivity contribution in [1.82, 2.24) is 5.32 Å². The number of thiophene rings is 1. The lowest BCUT2D eigenvalue weighted by molar-refractivity contribution is 0.0804. The van der Waals surface area contributed by atoms with Gasteiger partial charge in [-0.15, -0.1) is 11.3 Å². The molecule has 0 fully saturated rings. The zero-order valence-electron chi connectivity index (χ0n) is 8.56. The average molecular weight is 229 g/mol. The Bertz CT molecular complexity index is 324. The summed E-state index contributed by atoms with van der Waals surface area (Å²) in [5.41, 5.74) is 0. The van der Waals surface area contributed by atoms with Gasteiger partial charge in [0.1, 0.15) is 0 Å². The molecule has 5 heteroatoms. The van der Waals surface area contributed by atoms with Crippen molar-refractivity contribution in [2.45, 2.75) is 19.4 Å². The summed E-state index contributed by atoms with van der Waals surface area (Å²) >= 11 is 1.44. The van der Waals surface area contributed by atoms with E-state index >= 15 is 0 Å². The van der Waals surface area contributed by atoms with Crippen LogP contribution in [0.4, 0.5) is 0 Å². The Hall–Kier alpha value is -0.910. The van der Waals surface area contributed by atoms with Crippen molar-refractivity contribution in [2.24, 2.45) is 0 Å². The standard InChI is InChI=1S/C10H15NO3S/c1-2-8-3-4-9(15-8)10(14)11-5-7(13)6-12/h3-4,7,12-13H,2,5-6H2,1H3,(H,11,14). The largest absolute Gasteiger partial charge is 0.394 e. The van der Waals surface area contributed by atoms with E-state index < -0.39 is 6.10 Å². The Morgan fingerprint density at radius 3 is 2.87 bits per heavy atom. The van der Waals surface area contributed by atoms with Crippen molar-refractivity contribution in [3.8, 4) is 0 Å². The molecule has 0 aromatic carbocycles. The van der Waals surface area contributed by atoms with Crippen molar-refractivity contribution >= 4 is 17.2 Å². The van der Waals surface area contributed by atoms with E-state index in [1.54, 1.807) is 6.07 Å². The third-order valence-corrected chi connectivity index (χ3v) is 3.17. The molecule has 1 heterocycles. The van der Waals surface area contributed by atoms with E-state index in [2.05, 4.69) is 5.32 Å². The van der Waals surface area contributed by atoms with Crippen molar-refractivity contribution in [1.29, 1.82) is 0 Å². The highest BCUT2D eigenvalue weighted by atomic mass is 32.1. The molecule has 0 saturated heterocycles. The third-order valence-electron chi connectivity index (χ3n) is 1.94. The summed E-state index contributed by atoms with van der Waals surface area (Å²) in [6.45, 7) is 1.77. The van der Waals surface area contributed by atoms with Gasteiger partial charge < -0.3 is 15.5 Å². The molecule has 1 rings (SSSR count). The molecule has 0 radical (unpaired) electrons. The summed E-state index contributed by atoms with van der Waals surface area (Å²) in [5, 5.41) is 20.2. The Morgan fingerprint density at radius 1 is 1.60 bits per heavy atom. The van der Waals surface area contributed by atoms with E-state index in [-0.39, 0.29) is 19.1 Å². The lowest BCUT2D eigenvalue weighted by Gasteiger charge is -2.07. The van der Waals surface area contributed by atoms with E-state index in [1.165, 1.54) is 11.3 Å². The number of aryl methyl sites for hydroxylation is 1. The number of aliphatic hydroxyl groups excluding tert-OH is 2. The number of nitrogens with one attached hydrogen (secondary N) is 1. The van der Waals surface area contributed by atoms with Gasteiger partial charge in [0.15, 0.2) is 0 Å². The number of carbonyl (C=O) groups is 1. The van der Waals surface area contributed by atoms with Crippen molar-refractivity contribution in [3.05, 3.63) is 21.9 Å². The van der Waals surface area contributed by atoms with Crippen LogP contribution in [0.3, 0.4) is 0 Å². The molecule has 0 bridgehead atoms. The molecule has 1 aromatic heterocycles.